The van der Waals surface area contributed by atoms with Crippen LogP contribution in [0.15, 0.2) is 17.0 Å². The molecule has 2 heteroatoms. The van der Waals surface area contributed by atoms with Crippen molar-refractivity contribution < 1.29 is 4.74 Å². The zero-order valence-electron chi connectivity index (χ0n) is 15.2. The number of hydrogen-bond acceptors (Lipinski definition) is 2. The Morgan fingerprint density at radius 1 is 0.857 bits per heavy atom. The van der Waals surface area contributed by atoms with Gasteiger partial charge in [-0.25, -0.2) is 0 Å². The molecule has 0 aliphatic carbocycles. The molecular formula is C19H32OS. The van der Waals surface area contributed by atoms with Gasteiger partial charge in [-0.15, -0.1) is 12.6 Å². The molecule has 0 radical (unpaired) electrons. The summed E-state index contributed by atoms with van der Waals surface area (Å²) in [4.78, 5) is 1.07. The Bertz CT molecular complexity index is 499. The van der Waals surface area contributed by atoms with E-state index in [2.05, 4.69) is 67.5 Å². The Labute approximate surface area is 136 Å². The van der Waals surface area contributed by atoms with E-state index in [-0.39, 0.29) is 10.8 Å². The Kier molecular flexibility index (Phi) is 5.47. The summed E-state index contributed by atoms with van der Waals surface area (Å²) < 4.78 is 5.72. The van der Waals surface area contributed by atoms with E-state index in [9.17, 15) is 0 Å². The van der Waals surface area contributed by atoms with Gasteiger partial charge < -0.3 is 4.74 Å². The van der Waals surface area contributed by atoms with Gasteiger partial charge in [0.1, 0.15) is 5.75 Å². The highest BCUT2D eigenvalue weighted by molar-refractivity contribution is 7.80. The van der Waals surface area contributed by atoms with Crippen molar-refractivity contribution in [1.29, 1.82) is 0 Å². The largest absolute Gasteiger partial charge is 0.496 e. The van der Waals surface area contributed by atoms with Crippen LogP contribution in [0.1, 0.15) is 66.5 Å². The van der Waals surface area contributed by atoms with E-state index in [0.717, 1.165) is 10.6 Å². The van der Waals surface area contributed by atoms with Crippen molar-refractivity contribution in [1.82, 2.24) is 0 Å². The Morgan fingerprint density at radius 2 is 1.29 bits per heavy atom. The maximum atomic E-state index is 5.72. The third-order valence-corrected chi connectivity index (χ3v) is 5.96. The third-order valence-electron chi connectivity index (χ3n) is 5.59. The smallest absolute Gasteiger partial charge is 0.122 e. The summed E-state index contributed by atoms with van der Waals surface area (Å²) in [6, 6.07) is 4.41. The second-order valence-corrected chi connectivity index (χ2v) is 8.30. The van der Waals surface area contributed by atoms with Crippen molar-refractivity contribution in [2.75, 3.05) is 7.11 Å². The van der Waals surface area contributed by atoms with Gasteiger partial charge in [-0.05, 0) is 40.4 Å². The number of thiol groups is 1. The van der Waals surface area contributed by atoms with E-state index < -0.39 is 0 Å². The van der Waals surface area contributed by atoms with Gasteiger partial charge in [-0.3, -0.25) is 0 Å². The zero-order chi connectivity index (χ0) is 16.6. The first-order valence-corrected chi connectivity index (χ1v) is 8.32. The summed E-state index contributed by atoms with van der Waals surface area (Å²) in [5.41, 5.74) is 2.64. The van der Waals surface area contributed by atoms with E-state index >= 15 is 0 Å². The van der Waals surface area contributed by atoms with Gasteiger partial charge in [-0.2, -0.15) is 0 Å². The molecule has 0 aliphatic rings. The van der Waals surface area contributed by atoms with Crippen LogP contribution in [-0.4, -0.2) is 7.11 Å². The summed E-state index contributed by atoms with van der Waals surface area (Å²) in [5.74, 6) is 2.05. The van der Waals surface area contributed by atoms with Gasteiger partial charge in [-0.1, -0.05) is 55.4 Å². The predicted octanol–water partition coefficient (Wildman–Crippen LogP) is 5.85. The van der Waals surface area contributed by atoms with Crippen molar-refractivity contribution in [3.05, 3.63) is 23.3 Å². The number of rotatable bonds is 5. The highest BCUT2D eigenvalue weighted by atomic mass is 32.1. The lowest BCUT2D eigenvalue weighted by Crippen LogP contribution is -2.28. The number of methoxy groups -OCH3 is 1. The van der Waals surface area contributed by atoms with Crippen molar-refractivity contribution in [2.45, 2.75) is 71.1 Å². The normalized spacial score (nSPS) is 13.1. The molecule has 120 valence electrons. The monoisotopic (exact) mass is 308 g/mol. The predicted molar refractivity (Wildman–Crippen MR) is 96.0 cm³/mol. The van der Waals surface area contributed by atoms with E-state index in [1.54, 1.807) is 7.11 Å². The molecular weight excluding hydrogens is 276 g/mol. The van der Waals surface area contributed by atoms with Gasteiger partial charge in [0, 0.05) is 10.5 Å². The maximum absolute atomic E-state index is 5.72. The standard InChI is InChI=1S/C19H32OS/c1-12(2)18(5,6)14-11-17(21)15(10-16(14)20-9)19(7,8)13(3)4/h10-13,21H,1-9H3. The molecule has 0 N–H and O–H groups in total. The van der Waals surface area contributed by atoms with Crippen LogP contribution in [0.5, 0.6) is 5.75 Å². The molecule has 0 unspecified atom stereocenters. The first kappa shape index (κ1) is 18.4. The molecule has 0 saturated carbocycles. The Morgan fingerprint density at radius 3 is 1.67 bits per heavy atom. The van der Waals surface area contributed by atoms with Crippen LogP contribution >= 0.6 is 12.6 Å². The van der Waals surface area contributed by atoms with Crippen LogP contribution in [-0.2, 0) is 10.8 Å². The van der Waals surface area contributed by atoms with Crippen molar-refractivity contribution in [2.24, 2.45) is 11.8 Å². The fourth-order valence-corrected chi connectivity index (χ4v) is 2.86. The fraction of sp³-hybridized carbons (Fsp3) is 0.684. The van der Waals surface area contributed by atoms with Crippen molar-refractivity contribution >= 4 is 12.6 Å². The van der Waals surface area contributed by atoms with E-state index in [4.69, 9.17) is 17.4 Å². The topological polar surface area (TPSA) is 9.23 Å². The summed E-state index contributed by atoms with van der Waals surface area (Å²) in [7, 11) is 1.76. The van der Waals surface area contributed by atoms with E-state index in [1.165, 1.54) is 11.1 Å². The molecule has 1 rings (SSSR count). The molecule has 0 atom stereocenters. The lowest BCUT2D eigenvalue weighted by atomic mass is 9.71. The molecule has 1 aromatic rings. The van der Waals surface area contributed by atoms with Crippen LogP contribution in [0.2, 0.25) is 0 Å². The van der Waals surface area contributed by atoms with Crippen LogP contribution in [0.3, 0.4) is 0 Å². The van der Waals surface area contributed by atoms with Gasteiger partial charge >= 0.3 is 0 Å². The quantitative estimate of drug-likeness (QED) is 0.671. The Balaban J connectivity index is 3.53. The van der Waals surface area contributed by atoms with Crippen LogP contribution in [0.4, 0.5) is 0 Å². The average Bonchev–Trinajstić information content (AvgIpc) is 2.37. The summed E-state index contributed by atoms with van der Waals surface area (Å²) in [6.45, 7) is 18.1. The second-order valence-electron chi connectivity index (χ2n) is 7.82. The SMILES string of the molecule is COc1cc(C(C)(C)C(C)C)c(S)cc1C(C)(C)C(C)C. The fourth-order valence-electron chi connectivity index (χ4n) is 2.38. The summed E-state index contributed by atoms with van der Waals surface area (Å²) >= 11 is 4.79. The minimum absolute atomic E-state index is 0.0589. The molecule has 0 heterocycles. The van der Waals surface area contributed by atoms with Crippen molar-refractivity contribution in [3.63, 3.8) is 0 Å². The number of benzene rings is 1. The lowest BCUT2D eigenvalue weighted by Gasteiger charge is -2.35. The molecule has 0 saturated heterocycles. The number of ether oxygens (including phenoxy) is 1. The first-order valence-electron chi connectivity index (χ1n) is 7.88. The molecule has 0 aliphatic heterocycles. The van der Waals surface area contributed by atoms with E-state index in [0.29, 0.717) is 11.8 Å². The average molecular weight is 309 g/mol. The first-order chi connectivity index (χ1) is 9.46. The van der Waals surface area contributed by atoms with Crippen LogP contribution in [0.25, 0.3) is 0 Å². The molecule has 1 nitrogen and oxygen atoms in total. The van der Waals surface area contributed by atoms with Crippen molar-refractivity contribution in [3.8, 4) is 5.75 Å². The van der Waals surface area contributed by atoms with E-state index in [1.807, 2.05) is 0 Å². The molecule has 0 aromatic heterocycles. The molecule has 21 heavy (non-hydrogen) atoms. The van der Waals surface area contributed by atoms with Crippen LogP contribution < -0.4 is 4.74 Å². The maximum Gasteiger partial charge on any atom is 0.122 e. The number of hydrogen-bond donors (Lipinski definition) is 1. The minimum atomic E-state index is 0.0589. The highest BCUT2D eigenvalue weighted by Gasteiger charge is 2.32. The summed E-state index contributed by atoms with van der Waals surface area (Å²) in [5, 5.41) is 0. The molecule has 0 fully saturated rings. The lowest BCUT2D eigenvalue weighted by molar-refractivity contribution is 0.334. The zero-order valence-corrected chi connectivity index (χ0v) is 16.1. The Hall–Kier alpha value is -0.630. The molecule has 0 bridgehead atoms. The third kappa shape index (κ3) is 3.41. The molecule has 0 spiro atoms. The van der Waals surface area contributed by atoms with Crippen LogP contribution in [0, 0.1) is 11.8 Å². The van der Waals surface area contributed by atoms with Gasteiger partial charge in [0.05, 0.1) is 7.11 Å². The van der Waals surface area contributed by atoms with Gasteiger partial charge in [0.25, 0.3) is 0 Å². The minimum Gasteiger partial charge on any atom is -0.496 e. The highest BCUT2D eigenvalue weighted by Crippen LogP contribution is 2.43. The second kappa shape index (κ2) is 6.24. The molecule has 0 amide bonds. The van der Waals surface area contributed by atoms with Gasteiger partial charge in [0.15, 0.2) is 0 Å². The summed E-state index contributed by atoms with van der Waals surface area (Å²) in [6.07, 6.45) is 0. The molecule has 1 aromatic carbocycles. The van der Waals surface area contributed by atoms with Gasteiger partial charge in [0.2, 0.25) is 0 Å².